The van der Waals surface area contributed by atoms with E-state index in [0.717, 1.165) is 12.2 Å². The van der Waals surface area contributed by atoms with E-state index in [-0.39, 0.29) is 10.9 Å². The van der Waals surface area contributed by atoms with E-state index in [4.69, 9.17) is 0 Å². The van der Waals surface area contributed by atoms with Gasteiger partial charge in [-0.25, -0.2) is 13.4 Å². The van der Waals surface area contributed by atoms with Crippen molar-refractivity contribution in [3.63, 3.8) is 0 Å². The van der Waals surface area contributed by atoms with Crippen LogP contribution < -0.4 is 10.0 Å². The Bertz CT molecular complexity index is 677. The molecule has 0 spiro atoms. The summed E-state index contributed by atoms with van der Waals surface area (Å²) in [5, 5.41) is 11.7. The predicted molar refractivity (Wildman–Crippen MR) is 78.3 cm³/mol. The summed E-state index contributed by atoms with van der Waals surface area (Å²) >= 11 is 1.26. The first kappa shape index (κ1) is 14.9. The Hall–Kier alpha value is -1.45. The zero-order valence-electron chi connectivity index (χ0n) is 11.5. The number of aromatic nitrogens is 3. The van der Waals surface area contributed by atoms with E-state index in [1.54, 1.807) is 6.92 Å². The molecule has 0 fully saturated rings. The summed E-state index contributed by atoms with van der Waals surface area (Å²) in [5.41, 5.74) is 1.31. The van der Waals surface area contributed by atoms with Crippen molar-refractivity contribution in [2.75, 3.05) is 11.3 Å². The average Bonchev–Trinajstić information content (AvgIpc) is 2.98. The van der Waals surface area contributed by atoms with Crippen molar-refractivity contribution >= 4 is 26.5 Å². The number of hydrogen-bond acceptors (Lipinski definition) is 6. The fourth-order valence-corrected chi connectivity index (χ4v) is 3.92. The summed E-state index contributed by atoms with van der Waals surface area (Å²) in [6.07, 6.45) is 1.29. The molecule has 2 rings (SSSR count). The maximum atomic E-state index is 12.2. The van der Waals surface area contributed by atoms with Crippen LogP contribution in [0.5, 0.6) is 0 Å². The minimum atomic E-state index is -3.64. The van der Waals surface area contributed by atoms with Crippen molar-refractivity contribution in [3.8, 4) is 0 Å². The van der Waals surface area contributed by atoms with Gasteiger partial charge in [0.25, 0.3) is 10.0 Å². The maximum absolute atomic E-state index is 12.2. The third-order valence-electron chi connectivity index (χ3n) is 2.77. The molecule has 0 aliphatic rings. The van der Waals surface area contributed by atoms with Crippen LogP contribution in [0.1, 0.15) is 31.3 Å². The van der Waals surface area contributed by atoms with E-state index in [2.05, 4.69) is 25.2 Å². The Morgan fingerprint density at radius 2 is 2.25 bits per heavy atom. The fourth-order valence-electron chi connectivity index (χ4n) is 1.72. The molecule has 110 valence electrons. The number of nitrogens with one attached hydrogen (secondary N) is 3. The van der Waals surface area contributed by atoms with Crippen molar-refractivity contribution in [2.45, 2.75) is 31.7 Å². The molecule has 0 saturated carbocycles. The summed E-state index contributed by atoms with van der Waals surface area (Å²) in [6.45, 7) is 6.47. The molecule has 0 saturated heterocycles. The summed E-state index contributed by atoms with van der Waals surface area (Å²) in [5.74, 6) is 0. The SMILES string of the molecule is CCNC(C)c1csc(NS(=O)(=O)c2cn[nH]c2C)n1. The monoisotopic (exact) mass is 315 g/mol. The van der Waals surface area contributed by atoms with E-state index in [9.17, 15) is 8.42 Å². The van der Waals surface area contributed by atoms with Gasteiger partial charge >= 0.3 is 0 Å². The Morgan fingerprint density at radius 1 is 1.50 bits per heavy atom. The molecule has 2 heterocycles. The quantitative estimate of drug-likeness (QED) is 0.752. The molecule has 9 heteroatoms. The first-order chi connectivity index (χ1) is 9.44. The number of thiazole rings is 1. The molecule has 3 N–H and O–H groups in total. The molecule has 1 unspecified atom stereocenters. The van der Waals surface area contributed by atoms with Gasteiger partial charge in [0, 0.05) is 11.4 Å². The minimum Gasteiger partial charge on any atom is -0.309 e. The lowest BCUT2D eigenvalue weighted by molar-refractivity contribution is 0.586. The molecule has 0 aromatic carbocycles. The first-order valence-electron chi connectivity index (χ1n) is 6.15. The number of aryl methyl sites for hydroxylation is 1. The normalized spacial score (nSPS) is 13.3. The van der Waals surface area contributed by atoms with Crippen LogP contribution in [0.2, 0.25) is 0 Å². The Kier molecular flexibility index (Phi) is 4.41. The molecule has 0 bridgehead atoms. The van der Waals surface area contributed by atoms with Gasteiger partial charge in [0.15, 0.2) is 5.13 Å². The van der Waals surface area contributed by atoms with Gasteiger partial charge in [-0.15, -0.1) is 11.3 Å². The lowest BCUT2D eigenvalue weighted by Gasteiger charge is -2.08. The second-order valence-corrected chi connectivity index (χ2v) is 6.83. The molecule has 2 aromatic rings. The van der Waals surface area contributed by atoms with E-state index < -0.39 is 10.0 Å². The Morgan fingerprint density at radius 3 is 2.85 bits per heavy atom. The highest BCUT2D eigenvalue weighted by Gasteiger charge is 2.20. The summed E-state index contributed by atoms with van der Waals surface area (Å²) in [4.78, 5) is 4.42. The zero-order valence-corrected chi connectivity index (χ0v) is 13.1. The average molecular weight is 315 g/mol. The third kappa shape index (κ3) is 3.17. The molecule has 20 heavy (non-hydrogen) atoms. The molecule has 2 aromatic heterocycles. The standard InChI is InChI=1S/C11H17N5O2S2/c1-4-12-7(2)9-6-19-11(14-9)16-20(17,18)10-5-13-15-8(10)3/h5-7,12H,4H2,1-3H3,(H,13,15)(H,14,16). The van der Waals surface area contributed by atoms with Gasteiger partial charge in [-0.2, -0.15) is 5.10 Å². The second-order valence-electron chi connectivity index (χ2n) is 4.32. The molecule has 0 aliphatic heterocycles. The molecule has 0 amide bonds. The van der Waals surface area contributed by atoms with Gasteiger partial charge in [0.2, 0.25) is 0 Å². The van der Waals surface area contributed by atoms with Crippen molar-refractivity contribution in [1.29, 1.82) is 0 Å². The van der Waals surface area contributed by atoms with Crippen LogP contribution in [0, 0.1) is 6.92 Å². The first-order valence-corrected chi connectivity index (χ1v) is 8.52. The lowest BCUT2D eigenvalue weighted by atomic mass is 10.3. The van der Waals surface area contributed by atoms with Gasteiger partial charge in [-0.3, -0.25) is 9.82 Å². The number of nitrogens with zero attached hydrogens (tertiary/aromatic N) is 2. The fraction of sp³-hybridized carbons (Fsp3) is 0.455. The highest BCUT2D eigenvalue weighted by Crippen LogP contribution is 2.23. The van der Waals surface area contributed by atoms with Crippen LogP contribution in [0.3, 0.4) is 0 Å². The van der Waals surface area contributed by atoms with Crippen molar-refractivity contribution in [2.24, 2.45) is 0 Å². The maximum Gasteiger partial charge on any atom is 0.267 e. The molecule has 0 aliphatic carbocycles. The van der Waals surface area contributed by atoms with E-state index in [0.29, 0.717) is 10.8 Å². The Balaban J connectivity index is 2.17. The van der Waals surface area contributed by atoms with E-state index in [1.807, 2.05) is 19.2 Å². The number of sulfonamides is 1. The topological polar surface area (TPSA) is 99.8 Å². The molecular weight excluding hydrogens is 298 g/mol. The van der Waals surface area contributed by atoms with Gasteiger partial charge < -0.3 is 5.32 Å². The van der Waals surface area contributed by atoms with Crippen LogP contribution in [-0.4, -0.2) is 30.1 Å². The van der Waals surface area contributed by atoms with E-state index in [1.165, 1.54) is 17.5 Å². The van der Waals surface area contributed by atoms with Crippen molar-refractivity contribution < 1.29 is 8.42 Å². The molecule has 7 nitrogen and oxygen atoms in total. The van der Waals surface area contributed by atoms with Gasteiger partial charge in [-0.1, -0.05) is 6.92 Å². The number of anilines is 1. The lowest BCUT2D eigenvalue weighted by Crippen LogP contribution is -2.18. The largest absolute Gasteiger partial charge is 0.309 e. The minimum absolute atomic E-state index is 0.0881. The molecule has 1 atom stereocenters. The summed E-state index contributed by atoms with van der Waals surface area (Å²) in [6, 6.07) is 0.0881. The number of aromatic amines is 1. The van der Waals surface area contributed by atoms with Crippen LogP contribution in [-0.2, 0) is 10.0 Å². The third-order valence-corrected chi connectivity index (χ3v) is 5.13. The summed E-state index contributed by atoms with van der Waals surface area (Å²) in [7, 11) is -3.64. The van der Waals surface area contributed by atoms with Crippen molar-refractivity contribution in [1.82, 2.24) is 20.5 Å². The van der Waals surface area contributed by atoms with Crippen LogP contribution in [0.15, 0.2) is 16.5 Å². The Labute approximate surface area is 121 Å². The highest BCUT2D eigenvalue weighted by molar-refractivity contribution is 7.93. The number of rotatable bonds is 6. The van der Waals surface area contributed by atoms with Crippen LogP contribution in [0.25, 0.3) is 0 Å². The smallest absolute Gasteiger partial charge is 0.267 e. The van der Waals surface area contributed by atoms with Gasteiger partial charge in [-0.05, 0) is 20.4 Å². The van der Waals surface area contributed by atoms with Crippen LogP contribution >= 0.6 is 11.3 Å². The molecular formula is C11H17N5O2S2. The highest BCUT2D eigenvalue weighted by atomic mass is 32.2. The molecule has 0 radical (unpaired) electrons. The van der Waals surface area contributed by atoms with Gasteiger partial charge in [0.05, 0.1) is 17.6 Å². The number of hydrogen-bond donors (Lipinski definition) is 3. The predicted octanol–water partition coefficient (Wildman–Crippen LogP) is 1.65. The number of H-pyrrole nitrogens is 1. The van der Waals surface area contributed by atoms with Crippen molar-refractivity contribution in [3.05, 3.63) is 23.0 Å². The zero-order chi connectivity index (χ0) is 14.8. The van der Waals surface area contributed by atoms with Gasteiger partial charge in [0.1, 0.15) is 4.90 Å². The van der Waals surface area contributed by atoms with E-state index >= 15 is 0 Å². The summed E-state index contributed by atoms with van der Waals surface area (Å²) < 4.78 is 26.8. The second kappa shape index (κ2) is 5.90. The van der Waals surface area contributed by atoms with Crippen LogP contribution in [0.4, 0.5) is 5.13 Å².